The molecule has 0 amide bonds. The Labute approximate surface area is 146 Å². The third-order valence-corrected chi connectivity index (χ3v) is 3.42. The number of ether oxygens (including phenoxy) is 4. The number of alkyl halides is 1. The fourth-order valence-corrected chi connectivity index (χ4v) is 2.18. The summed E-state index contributed by atoms with van der Waals surface area (Å²) in [6.07, 6.45) is 0.239. The number of hydrogen-bond donors (Lipinski definition) is 0. The normalized spacial score (nSPS) is 10.2. The van der Waals surface area contributed by atoms with Gasteiger partial charge in [-0.2, -0.15) is 0 Å². The first-order chi connectivity index (χ1) is 12.2. The third kappa shape index (κ3) is 5.11. The maximum atomic E-state index is 12.4. The van der Waals surface area contributed by atoms with Crippen molar-refractivity contribution < 1.29 is 28.1 Å². The molecule has 0 aromatic heterocycles. The van der Waals surface area contributed by atoms with E-state index in [0.29, 0.717) is 23.9 Å². The number of methoxy groups -OCH3 is 2. The van der Waals surface area contributed by atoms with Gasteiger partial charge < -0.3 is 18.9 Å². The second-order valence-electron chi connectivity index (χ2n) is 5.16. The fraction of sp³-hybridized carbons (Fsp3) is 0.316. The Morgan fingerprint density at radius 2 is 1.76 bits per heavy atom. The largest absolute Gasteiger partial charge is 0.493 e. The first-order valence-electron chi connectivity index (χ1n) is 7.85. The molecule has 0 atom stereocenters. The summed E-state index contributed by atoms with van der Waals surface area (Å²) in [6, 6.07) is 12.6. The predicted octanol–water partition coefficient (Wildman–Crippen LogP) is 3.80. The van der Waals surface area contributed by atoms with E-state index in [1.807, 2.05) is 30.3 Å². The molecule has 2 rings (SSSR count). The van der Waals surface area contributed by atoms with Gasteiger partial charge in [0.15, 0.2) is 11.5 Å². The molecule has 134 valence electrons. The van der Waals surface area contributed by atoms with Gasteiger partial charge in [-0.25, -0.2) is 4.79 Å². The van der Waals surface area contributed by atoms with Crippen molar-refractivity contribution >= 4 is 5.97 Å². The minimum Gasteiger partial charge on any atom is -0.493 e. The Hall–Kier alpha value is -2.76. The van der Waals surface area contributed by atoms with Crippen LogP contribution in [0.5, 0.6) is 17.2 Å². The number of halogens is 1. The first-order valence-corrected chi connectivity index (χ1v) is 7.85. The maximum Gasteiger partial charge on any atom is 0.338 e. The zero-order chi connectivity index (χ0) is 18.1. The molecule has 2 aromatic carbocycles. The van der Waals surface area contributed by atoms with Gasteiger partial charge in [-0.15, -0.1) is 0 Å². The highest BCUT2D eigenvalue weighted by Gasteiger charge is 2.18. The van der Waals surface area contributed by atoms with E-state index in [9.17, 15) is 9.18 Å². The number of carbonyl (C=O) groups excluding carboxylic acids is 1. The van der Waals surface area contributed by atoms with Gasteiger partial charge in [-0.05, 0) is 17.7 Å². The molecule has 0 fully saturated rings. The highest BCUT2D eigenvalue weighted by molar-refractivity contribution is 5.91. The second-order valence-corrected chi connectivity index (χ2v) is 5.16. The molecule has 25 heavy (non-hydrogen) atoms. The van der Waals surface area contributed by atoms with Crippen LogP contribution < -0.4 is 14.2 Å². The van der Waals surface area contributed by atoms with E-state index in [1.165, 1.54) is 26.4 Å². The fourth-order valence-electron chi connectivity index (χ4n) is 2.18. The molecule has 0 saturated carbocycles. The summed E-state index contributed by atoms with van der Waals surface area (Å²) in [5.74, 6) is 0.485. The smallest absolute Gasteiger partial charge is 0.338 e. The monoisotopic (exact) mass is 348 g/mol. The molecular weight excluding hydrogens is 327 g/mol. The molecule has 0 unspecified atom stereocenters. The quantitative estimate of drug-likeness (QED) is 0.510. The summed E-state index contributed by atoms with van der Waals surface area (Å²) in [6.45, 7) is -0.0335. The van der Waals surface area contributed by atoms with Crippen LogP contribution in [0.1, 0.15) is 22.3 Å². The SMILES string of the molecule is COC(=O)c1cc(OC)c(OCc2ccccc2)c(OCCCF)c1. The van der Waals surface area contributed by atoms with Crippen LogP contribution in [0.25, 0.3) is 0 Å². The van der Waals surface area contributed by atoms with Gasteiger partial charge in [-0.3, -0.25) is 4.39 Å². The van der Waals surface area contributed by atoms with Crippen molar-refractivity contribution in [2.24, 2.45) is 0 Å². The van der Waals surface area contributed by atoms with E-state index >= 15 is 0 Å². The lowest BCUT2D eigenvalue weighted by Gasteiger charge is -2.17. The molecule has 0 aliphatic heterocycles. The number of benzene rings is 2. The van der Waals surface area contributed by atoms with Gasteiger partial charge in [0.25, 0.3) is 0 Å². The summed E-state index contributed by atoms with van der Waals surface area (Å²) in [4.78, 5) is 11.8. The molecule has 0 bridgehead atoms. The Balaban J connectivity index is 2.30. The molecule has 0 spiro atoms. The highest BCUT2D eigenvalue weighted by Crippen LogP contribution is 2.39. The Morgan fingerprint density at radius 3 is 2.40 bits per heavy atom. The van der Waals surface area contributed by atoms with Crippen LogP contribution in [-0.4, -0.2) is 33.5 Å². The van der Waals surface area contributed by atoms with Crippen molar-refractivity contribution in [1.82, 2.24) is 0 Å². The number of hydrogen-bond acceptors (Lipinski definition) is 5. The molecule has 0 aliphatic rings. The standard InChI is InChI=1S/C19H21FO5/c1-22-16-11-15(19(21)23-2)12-17(24-10-6-9-20)18(16)25-13-14-7-4-3-5-8-14/h3-5,7-8,11-12H,6,9-10,13H2,1-2H3. The average Bonchev–Trinajstić information content (AvgIpc) is 2.66. The van der Waals surface area contributed by atoms with Gasteiger partial charge in [-0.1, -0.05) is 30.3 Å². The van der Waals surface area contributed by atoms with Crippen molar-refractivity contribution in [3.05, 3.63) is 53.6 Å². The number of carbonyl (C=O) groups is 1. The summed E-state index contributed by atoms with van der Waals surface area (Å²) in [5.41, 5.74) is 1.23. The summed E-state index contributed by atoms with van der Waals surface area (Å²) in [7, 11) is 2.76. The topological polar surface area (TPSA) is 54.0 Å². The minimum atomic E-state index is -0.525. The average molecular weight is 348 g/mol. The summed E-state index contributed by atoms with van der Waals surface area (Å²) in [5, 5.41) is 0. The lowest BCUT2D eigenvalue weighted by atomic mass is 10.1. The zero-order valence-corrected chi connectivity index (χ0v) is 14.3. The van der Waals surface area contributed by atoms with Crippen molar-refractivity contribution in [2.75, 3.05) is 27.5 Å². The van der Waals surface area contributed by atoms with Crippen molar-refractivity contribution in [1.29, 1.82) is 0 Å². The summed E-state index contributed by atoms with van der Waals surface area (Å²) < 4.78 is 33.9. The van der Waals surface area contributed by atoms with E-state index in [0.717, 1.165) is 5.56 Å². The molecule has 0 radical (unpaired) electrons. The number of rotatable bonds is 9. The highest BCUT2D eigenvalue weighted by atomic mass is 19.1. The lowest BCUT2D eigenvalue weighted by molar-refractivity contribution is 0.0599. The molecular formula is C19H21FO5. The van der Waals surface area contributed by atoms with Gasteiger partial charge in [0.2, 0.25) is 5.75 Å². The van der Waals surface area contributed by atoms with Gasteiger partial charge in [0.1, 0.15) is 6.61 Å². The van der Waals surface area contributed by atoms with Crippen LogP contribution in [-0.2, 0) is 11.3 Å². The summed E-state index contributed by atoms with van der Waals surface area (Å²) >= 11 is 0. The number of esters is 1. The van der Waals surface area contributed by atoms with Crippen molar-refractivity contribution in [2.45, 2.75) is 13.0 Å². The molecule has 6 heteroatoms. The van der Waals surface area contributed by atoms with E-state index < -0.39 is 12.6 Å². The first kappa shape index (κ1) is 18.6. The van der Waals surface area contributed by atoms with E-state index in [4.69, 9.17) is 18.9 Å². The molecule has 2 aromatic rings. The Morgan fingerprint density at radius 1 is 1.04 bits per heavy atom. The maximum absolute atomic E-state index is 12.4. The Bertz CT molecular complexity index is 688. The minimum absolute atomic E-state index is 0.159. The van der Waals surface area contributed by atoms with Crippen LogP contribution in [0.3, 0.4) is 0 Å². The van der Waals surface area contributed by atoms with Crippen molar-refractivity contribution in [3.8, 4) is 17.2 Å². The second kappa shape index (κ2) is 9.52. The van der Waals surface area contributed by atoms with E-state index in [1.54, 1.807) is 0 Å². The zero-order valence-electron chi connectivity index (χ0n) is 14.3. The third-order valence-electron chi connectivity index (χ3n) is 3.42. The molecule has 0 N–H and O–H groups in total. The lowest BCUT2D eigenvalue weighted by Crippen LogP contribution is -2.07. The van der Waals surface area contributed by atoms with Gasteiger partial charge >= 0.3 is 5.97 Å². The van der Waals surface area contributed by atoms with Crippen LogP contribution >= 0.6 is 0 Å². The van der Waals surface area contributed by atoms with Gasteiger partial charge in [0.05, 0.1) is 33.1 Å². The van der Waals surface area contributed by atoms with Crippen molar-refractivity contribution in [3.63, 3.8) is 0 Å². The molecule has 0 heterocycles. The molecule has 0 aliphatic carbocycles. The van der Waals surface area contributed by atoms with Gasteiger partial charge in [0, 0.05) is 6.42 Å². The Kier molecular flexibility index (Phi) is 7.07. The predicted molar refractivity (Wildman–Crippen MR) is 91.2 cm³/mol. The molecule has 5 nitrogen and oxygen atoms in total. The van der Waals surface area contributed by atoms with Crippen LogP contribution in [0.2, 0.25) is 0 Å². The van der Waals surface area contributed by atoms with E-state index in [2.05, 4.69) is 0 Å². The van der Waals surface area contributed by atoms with Crippen LogP contribution in [0, 0.1) is 0 Å². The van der Waals surface area contributed by atoms with Crippen LogP contribution in [0.4, 0.5) is 4.39 Å². The van der Waals surface area contributed by atoms with Crippen LogP contribution in [0.15, 0.2) is 42.5 Å². The van der Waals surface area contributed by atoms with E-state index in [-0.39, 0.29) is 18.6 Å². The molecule has 0 saturated heterocycles.